The Kier molecular flexibility index (Phi) is 16.3. The van der Waals surface area contributed by atoms with Crippen molar-refractivity contribution in [1.82, 2.24) is 0 Å². The summed E-state index contributed by atoms with van der Waals surface area (Å²) in [6.45, 7) is 2.24. The summed E-state index contributed by atoms with van der Waals surface area (Å²) in [7, 11) is 0. The van der Waals surface area contributed by atoms with Gasteiger partial charge < -0.3 is 0 Å². The van der Waals surface area contributed by atoms with E-state index in [0.717, 1.165) is 26.1 Å². The van der Waals surface area contributed by atoms with Crippen LogP contribution in [0.1, 0.15) is 19.8 Å². The van der Waals surface area contributed by atoms with E-state index in [-0.39, 0.29) is 12.4 Å². The number of hydrogen-bond acceptors (Lipinski definition) is 0. The van der Waals surface area contributed by atoms with Gasteiger partial charge in [0.2, 0.25) is 0 Å². The summed E-state index contributed by atoms with van der Waals surface area (Å²) in [5.74, 6) is 0. The van der Waals surface area contributed by atoms with E-state index in [1.54, 1.807) is 0 Å². The molecule has 0 aliphatic heterocycles. The Balaban J connectivity index is 0. The maximum atomic E-state index is 2.24. The van der Waals surface area contributed by atoms with Gasteiger partial charge in [0.05, 0.1) is 0 Å². The van der Waals surface area contributed by atoms with Crippen LogP contribution in [0.2, 0.25) is 3.93 Å². The maximum Gasteiger partial charge on any atom is -0.147 e. The topological polar surface area (TPSA) is 0 Å². The van der Waals surface area contributed by atoms with Crippen molar-refractivity contribution < 1.29 is 26.1 Å². The Hall–Kier alpha value is 1.23. The van der Waals surface area contributed by atoms with Crippen LogP contribution in [-0.4, -0.2) is 0 Å². The fourth-order valence-electron chi connectivity index (χ4n) is 0.250. The zero-order valence-corrected chi connectivity index (χ0v) is 10.6. The van der Waals surface area contributed by atoms with Crippen LogP contribution in [0.3, 0.4) is 0 Å². The van der Waals surface area contributed by atoms with E-state index in [0.29, 0.717) is 0 Å². The van der Waals surface area contributed by atoms with Gasteiger partial charge >= 0.3 is 49.8 Å². The van der Waals surface area contributed by atoms with Crippen molar-refractivity contribution in [1.29, 1.82) is 0 Å². The van der Waals surface area contributed by atoms with Crippen molar-refractivity contribution in [3.63, 3.8) is 0 Å². The van der Waals surface area contributed by atoms with E-state index in [4.69, 9.17) is 0 Å². The van der Waals surface area contributed by atoms with Crippen molar-refractivity contribution >= 4 is 12.4 Å². The van der Waals surface area contributed by atoms with Gasteiger partial charge in [-0.1, -0.05) is 0 Å². The number of rotatable bonds is 2. The molecule has 0 N–H and O–H groups in total. The summed E-state index contributed by atoms with van der Waals surface area (Å²) < 4.78 is 1.54. The van der Waals surface area contributed by atoms with Gasteiger partial charge in [0.15, 0.2) is 0 Å². The molecule has 2 heteroatoms. The van der Waals surface area contributed by atoms with E-state index in [1.807, 2.05) is 0 Å². The molecule has 0 saturated heterocycles. The molecule has 0 saturated carbocycles. The third kappa shape index (κ3) is 8.97. The second kappa shape index (κ2) is 9.52. The first-order valence-corrected chi connectivity index (χ1v) is 6.09. The third-order valence-corrected chi connectivity index (χ3v) is 2.55. The Bertz CT molecular complexity index is 15.0. The molecule has 6 heavy (non-hydrogen) atoms. The second-order valence-electron chi connectivity index (χ2n) is 1.21. The first-order valence-electron chi connectivity index (χ1n) is 2.21. The van der Waals surface area contributed by atoms with Crippen molar-refractivity contribution in [2.24, 2.45) is 0 Å². The van der Waals surface area contributed by atoms with Gasteiger partial charge in [-0.25, -0.2) is 0 Å². The van der Waals surface area contributed by atoms with Gasteiger partial charge in [-0.15, -0.1) is 12.4 Å². The number of hydrogen-bond donors (Lipinski definition) is 0. The molecule has 0 amide bonds. The van der Waals surface area contributed by atoms with E-state index in [2.05, 4.69) is 6.92 Å². The standard InChI is InChI=1S/C4H9.ClH.Hg/c1-3-4-2;;/h1,3-4H2,2H3;1H;. The third-order valence-electron chi connectivity index (χ3n) is 0.604. The molecule has 0 aromatic heterocycles. The predicted molar refractivity (Wildman–Crippen MR) is 27.0 cm³/mol. The second-order valence-corrected chi connectivity index (χ2v) is 3.96. The smallest absolute Gasteiger partial charge is 0.147 e. The van der Waals surface area contributed by atoms with E-state index >= 15 is 0 Å². The van der Waals surface area contributed by atoms with Crippen LogP contribution in [0.25, 0.3) is 0 Å². The van der Waals surface area contributed by atoms with E-state index < -0.39 is 0 Å². The first kappa shape index (κ1) is 10.3. The largest absolute Gasteiger partial charge is 0.147 e. The summed E-state index contributed by atoms with van der Waals surface area (Å²) in [6.07, 6.45) is 2.87. The van der Waals surface area contributed by atoms with Gasteiger partial charge in [0.1, 0.15) is 0 Å². The van der Waals surface area contributed by atoms with Gasteiger partial charge in [-0.2, -0.15) is 0 Å². The zero-order valence-electron chi connectivity index (χ0n) is 4.24. The van der Waals surface area contributed by atoms with Crippen LogP contribution in [-0.2, 0) is 26.1 Å². The van der Waals surface area contributed by atoms with Gasteiger partial charge in [-0.05, 0) is 0 Å². The van der Waals surface area contributed by atoms with Crippen LogP contribution in [0.5, 0.6) is 0 Å². The molecule has 0 spiro atoms. The monoisotopic (exact) mass is 295 g/mol. The fourth-order valence-corrected chi connectivity index (χ4v) is 2.19. The molecule has 0 bridgehead atoms. The van der Waals surface area contributed by atoms with Crippen LogP contribution in [0, 0.1) is 0 Å². The number of unbranched alkanes of at least 4 members (excludes halogenated alkanes) is 1. The normalized spacial score (nSPS) is 7.17. The summed E-state index contributed by atoms with van der Waals surface area (Å²) in [5, 5.41) is 0. The molecular formula is C4H10ClHg. The summed E-state index contributed by atoms with van der Waals surface area (Å²) in [5.41, 5.74) is 0. The van der Waals surface area contributed by atoms with Crippen LogP contribution < -0.4 is 0 Å². The molecule has 0 aromatic carbocycles. The average molecular weight is 294 g/mol. The maximum absolute atomic E-state index is 2.24. The first-order chi connectivity index (χ1) is 2.41. The van der Waals surface area contributed by atoms with Crippen LogP contribution in [0.15, 0.2) is 0 Å². The molecule has 0 unspecified atom stereocenters. The molecule has 0 aliphatic carbocycles. The van der Waals surface area contributed by atoms with Crippen LogP contribution >= 0.6 is 12.4 Å². The Morgan fingerprint density at radius 1 is 1.50 bits per heavy atom. The summed E-state index contributed by atoms with van der Waals surface area (Å²) in [4.78, 5) is 0. The fraction of sp³-hybridized carbons (Fsp3) is 1.00. The minimum Gasteiger partial charge on any atom is -0.147 e. The van der Waals surface area contributed by atoms with Crippen molar-refractivity contribution in [2.75, 3.05) is 0 Å². The summed E-state index contributed by atoms with van der Waals surface area (Å²) in [6, 6.07) is 0. The summed E-state index contributed by atoms with van der Waals surface area (Å²) >= 11 is 1.07. The Morgan fingerprint density at radius 3 is 2.00 bits per heavy atom. The van der Waals surface area contributed by atoms with Gasteiger partial charge in [0, 0.05) is 0 Å². The molecular weight excluding hydrogens is 284 g/mol. The van der Waals surface area contributed by atoms with Crippen molar-refractivity contribution in [3.05, 3.63) is 0 Å². The van der Waals surface area contributed by atoms with Gasteiger partial charge in [-0.3, -0.25) is 0 Å². The molecule has 0 aliphatic rings. The Labute approximate surface area is 62.1 Å². The van der Waals surface area contributed by atoms with Crippen molar-refractivity contribution in [3.8, 4) is 0 Å². The SMILES string of the molecule is CCC[CH2][Hg].Cl. The van der Waals surface area contributed by atoms with E-state index in [9.17, 15) is 0 Å². The minimum atomic E-state index is 0. The Morgan fingerprint density at radius 2 is 2.00 bits per heavy atom. The molecule has 0 radical (unpaired) electrons. The van der Waals surface area contributed by atoms with Crippen molar-refractivity contribution in [2.45, 2.75) is 23.7 Å². The predicted octanol–water partition coefficient (Wildman–Crippen LogP) is 2.17. The molecule has 35 valence electrons. The molecule has 0 fully saturated rings. The quantitative estimate of drug-likeness (QED) is 0.685. The van der Waals surface area contributed by atoms with Gasteiger partial charge in [0.25, 0.3) is 0 Å². The zero-order chi connectivity index (χ0) is 4.12. The van der Waals surface area contributed by atoms with E-state index in [1.165, 1.54) is 16.8 Å². The molecule has 0 aromatic rings. The molecule has 0 atom stereocenters. The molecule has 0 heterocycles. The average Bonchev–Trinajstić information content (AvgIpc) is 1.41. The minimum absolute atomic E-state index is 0. The molecule has 0 nitrogen and oxygen atoms in total. The number of halogens is 1. The molecule has 0 rings (SSSR count). The van der Waals surface area contributed by atoms with Crippen LogP contribution in [0.4, 0.5) is 0 Å².